The average Bonchev–Trinajstić information content (AvgIpc) is 2.11. The molecule has 0 spiro atoms. The van der Waals surface area contributed by atoms with Crippen LogP contribution in [0.4, 0.5) is 0 Å². The zero-order chi connectivity index (χ0) is 12.3. The third-order valence-electron chi connectivity index (χ3n) is 2.14. The van der Waals surface area contributed by atoms with Crippen molar-refractivity contribution in [2.75, 3.05) is 6.54 Å². The third-order valence-corrected chi connectivity index (χ3v) is 2.14. The molecular weight excluding hydrogens is 242 g/mol. The van der Waals surface area contributed by atoms with Gasteiger partial charge in [0.25, 0.3) is 0 Å². The predicted octanol–water partition coefficient (Wildman–Crippen LogP) is 1.94. The van der Waals surface area contributed by atoms with E-state index >= 15 is 0 Å². The Morgan fingerprint density at radius 2 is 1.59 bits per heavy atom. The van der Waals surface area contributed by atoms with Gasteiger partial charge in [-0.15, -0.1) is 12.4 Å². The lowest BCUT2D eigenvalue weighted by Crippen LogP contribution is -2.38. The van der Waals surface area contributed by atoms with Crippen molar-refractivity contribution in [2.24, 2.45) is 0 Å². The van der Waals surface area contributed by atoms with E-state index in [1.165, 1.54) is 18.2 Å². The summed E-state index contributed by atoms with van der Waals surface area (Å²) in [6, 6.07) is 4.11. The van der Waals surface area contributed by atoms with Crippen molar-refractivity contribution in [3.05, 3.63) is 23.8 Å². The summed E-state index contributed by atoms with van der Waals surface area (Å²) in [6.45, 7) is 6.37. The number of nitrogens with one attached hydrogen (secondary N) is 1. The maximum Gasteiger partial charge on any atom is 0.119 e. The van der Waals surface area contributed by atoms with Crippen molar-refractivity contribution in [2.45, 2.75) is 32.4 Å². The van der Waals surface area contributed by atoms with Crippen molar-refractivity contribution in [1.82, 2.24) is 5.32 Å². The summed E-state index contributed by atoms with van der Waals surface area (Å²) in [7, 11) is 0. The molecule has 1 aromatic carbocycles. The Morgan fingerprint density at radius 1 is 1.12 bits per heavy atom. The predicted molar refractivity (Wildman–Crippen MR) is 69.7 cm³/mol. The second-order valence-electron chi connectivity index (χ2n) is 4.93. The van der Waals surface area contributed by atoms with Crippen LogP contribution in [0.5, 0.6) is 11.5 Å². The van der Waals surface area contributed by atoms with Gasteiger partial charge in [-0.2, -0.15) is 0 Å². The standard InChI is InChI=1S/C12H19NO3.ClH/c1-12(2,3)13-7-11(16)8-4-9(14)6-10(15)5-8;/h4-6,11,13-16H,7H2,1-3H3;1H. The van der Waals surface area contributed by atoms with E-state index in [2.05, 4.69) is 5.32 Å². The number of β-amino-alcohol motifs (C(OH)–C–C–N with tert-alkyl or cyclic N) is 1. The van der Waals surface area contributed by atoms with Crippen molar-refractivity contribution < 1.29 is 15.3 Å². The van der Waals surface area contributed by atoms with Crippen LogP contribution in [0.2, 0.25) is 0 Å². The Kier molecular flexibility index (Phi) is 5.75. The fourth-order valence-electron chi connectivity index (χ4n) is 1.33. The van der Waals surface area contributed by atoms with E-state index in [0.717, 1.165) is 0 Å². The molecule has 4 nitrogen and oxygen atoms in total. The second-order valence-corrected chi connectivity index (χ2v) is 4.93. The smallest absolute Gasteiger partial charge is 0.119 e. The van der Waals surface area contributed by atoms with E-state index in [1.54, 1.807) is 0 Å². The molecule has 0 aliphatic carbocycles. The van der Waals surface area contributed by atoms with Gasteiger partial charge in [0.2, 0.25) is 0 Å². The lowest BCUT2D eigenvalue weighted by atomic mass is 10.1. The number of halogens is 1. The second kappa shape index (κ2) is 6.10. The summed E-state index contributed by atoms with van der Waals surface area (Å²) in [5.74, 6) is -0.102. The van der Waals surface area contributed by atoms with Gasteiger partial charge >= 0.3 is 0 Å². The van der Waals surface area contributed by atoms with E-state index in [9.17, 15) is 15.3 Å². The molecule has 0 fully saturated rings. The first-order valence-corrected chi connectivity index (χ1v) is 5.24. The molecule has 0 aromatic heterocycles. The number of aromatic hydroxyl groups is 2. The van der Waals surface area contributed by atoms with Crippen LogP contribution in [0.15, 0.2) is 18.2 Å². The number of benzene rings is 1. The number of hydrogen-bond acceptors (Lipinski definition) is 4. The van der Waals surface area contributed by atoms with Crippen molar-refractivity contribution in [3.8, 4) is 11.5 Å². The average molecular weight is 262 g/mol. The fourth-order valence-corrected chi connectivity index (χ4v) is 1.33. The molecule has 0 aliphatic rings. The summed E-state index contributed by atoms with van der Waals surface area (Å²) in [5.41, 5.74) is 0.411. The highest BCUT2D eigenvalue weighted by Gasteiger charge is 2.14. The van der Waals surface area contributed by atoms with Gasteiger partial charge in [0.05, 0.1) is 6.10 Å². The Bertz CT molecular complexity index is 343. The number of phenolic OH excluding ortho intramolecular Hbond substituents is 2. The van der Waals surface area contributed by atoms with Gasteiger partial charge in [0.1, 0.15) is 11.5 Å². The molecule has 4 N–H and O–H groups in total. The van der Waals surface area contributed by atoms with Gasteiger partial charge < -0.3 is 20.6 Å². The topological polar surface area (TPSA) is 72.7 Å². The molecule has 0 saturated heterocycles. The Hall–Kier alpha value is -0.970. The molecule has 0 bridgehead atoms. The minimum absolute atomic E-state index is 0. The van der Waals surface area contributed by atoms with Crippen LogP contribution in [-0.2, 0) is 0 Å². The van der Waals surface area contributed by atoms with Gasteiger partial charge in [0.15, 0.2) is 0 Å². The van der Waals surface area contributed by atoms with E-state index in [-0.39, 0.29) is 29.4 Å². The highest BCUT2D eigenvalue weighted by atomic mass is 35.5. The lowest BCUT2D eigenvalue weighted by molar-refractivity contribution is 0.162. The van der Waals surface area contributed by atoms with Crippen LogP contribution in [-0.4, -0.2) is 27.4 Å². The maximum atomic E-state index is 9.85. The first kappa shape index (κ1) is 16.0. The first-order chi connectivity index (χ1) is 7.28. The zero-order valence-corrected chi connectivity index (χ0v) is 11.1. The Balaban J connectivity index is 0.00000256. The number of phenols is 2. The van der Waals surface area contributed by atoms with Crippen LogP contribution < -0.4 is 5.32 Å². The lowest BCUT2D eigenvalue weighted by Gasteiger charge is -2.23. The van der Waals surface area contributed by atoms with E-state index in [4.69, 9.17) is 0 Å². The molecule has 1 atom stereocenters. The molecule has 1 aromatic rings. The first-order valence-electron chi connectivity index (χ1n) is 5.24. The van der Waals surface area contributed by atoms with Gasteiger partial charge in [-0.1, -0.05) is 0 Å². The number of rotatable bonds is 3. The third kappa shape index (κ3) is 5.77. The number of hydrogen-bond donors (Lipinski definition) is 4. The normalized spacial score (nSPS) is 12.9. The molecule has 0 amide bonds. The minimum atomic E-state index is -0.753. The molecule has 1 rings (SSSR count). The highest BCUT2D eigenvalue weighted by molar-refractivity contribution is 5.85. The maximum absolute atomic E-state index is 9.85. The zero-order valence-electron chi connectivity index (χ0n) is 10.3. The Morgan fingerprint density at radius 3 is 2.00 bits per heavy atom. The Labute approximate surface area is 108 Å². The monoisotopic (exact) mass is 261 g/mol. The van der Waals surface area contributed by atoms with Gasteiger partial charge in [-0.05, 0) is 38.5 Å². The molecule has 0 saturated carbocycles. The minimum Gasteiger partial charge on any atom is -0.508 e. The van der Waals surface area contributed by atoms with E-state index in [1.807, 2.05) is 20.8 Å². The van der Waals surface area contributed by atoms with E-state index in [0.29, 0.717) is 12.1 Å². The molecule has 98 valence electrons. The molecular formula is C12H20ClNO3. The molecule has 0 aliphatic heterocycles. The van der Waals surface area contributed by atoms with Gasteiger partial charge in [-0.25, -0.2) is 0 Å². The molecule has 0 radical (unpaired) electrons. The molecule has 0 heterocycles. The SMILES string of the molecule is CC(C)(C)NCC(O)c1cc(O)cc(O)c1.Cl. The van der Waals surface area contributed by atoms with Crippen LogP contribution in [0.25, 0.3) is 0 Å². The van der Waals surface area contributed by atoms with Crippen molar-refractivity contribution in [3.63, 3.8) is 0 Å². The van der Waals surface area contributed by atoms with Crippen molar-refractivity contribution >= 4 is 12.4 Å². The van der Waals surface area contributed by atoms with Gasteiger partial charge in [-0.3, -0.25) is 0 Å². The van der Waals surface area contributed by atoms with Crippen LogP contribution >= 0.6 is 12.4 Å². The summed E-state index contributed by atoms with van der Waals surface area (Å²) in [6.07, 6.45) is -0.753. The number of aliphatic hydroxyl groups excluding tert-OH is 1. The quantitative estimate of drug-likeness (QED) is 0.671. The van der Waals surface area contributed by atoms with Crippen molar-refractivity contribution in [1.29, 1.82) is 0 Å². The van der Waals surface area contributed by atoms with Crippen LogP contribution in [0.3, 0.4) is 0 Å². The summed E-state index contributed by atoms with van der Waals surface area (Å²) >= 11 is 0. The van der Waals surface area contributed by atoms with Gasteiger partial charge in [0, 0.05) is 18.2 Å². The largest absolute Gasteiger partial charge is 0.508 e. The van der Waals surface area contributed by atoms with Crippen LogP contribution in [0, 0.1) is 0 Å². The fraction of sp³-hybridized carbons (Fsp3) is 0.500. The summed E-state index contributed by atoms with van der Waals surface area (Å²) < 4.78 is 0. The molecule has 1 unspecified atom stereocenters. The molecule has 17 heavy (non-hydrogen) atoms. The summed E-state index contributed by atoms with van der Waals surface area (Å²) in [5, 5.41) is 31.6. The van der Waals surface area contributed by atoms with Crippen LogP contribution in [0.1, 0.15) is 32.4 Å². The number of aliphatic hydroxyl groups is 1. The summed E-state index contributed by atoms with van der Waals surface area (Å²) in [4.78, 5) is 0. The molecule has 5 heteroatoms. The highest BCUT2D eigenvalue weighted by Crippen LogP contribution is 2.24. The van der Waals surface area contributed by atoms with E-state index < -0.39 is 6.10 Å².